The van der Waals surface area contributed by atoms with Gasteiger partial charge in [0.15, 0.2) is 0 Å². The van der Waals surface area contributed by atoms with Crippen LogP contribution in [-0.2, 0) is 4.79 Å². The molecule has 1 aliphatic heterocycles. The van der Waals surface area contributed by atoms with Crippen molar-refractivity contribution in [2.75, 3.05) is 19.8 Å². The summed E-state index contributed by atoms with van der Waals surface area (Å²) >= 11 is 1.60. The van der Waals surface area contributed by atoms with Gasteiger partial charge in [-0.1, -0.05) is 30.3 Å². The Morgan fingerprint density at radius 1 is 1.36 bits per heavy atom. The van der Waals surface area contributed by atoms with Gasteiger partial charge in [0.25, 0.3) is 0 Å². The average molecular weight is 321 g/mol. The van der Waals surface area contributed by atoms with Crippen molar-refractivity contribution < 1.29 is 4.79 Å². The van der Waals surface area contributed by atoms with Gasteiger partial charge < -0.3 is 4.90 Å². The lowest BCUT2D eigenvalue weighted by molar-refractivity contribution is -0.129. The fourth-order valence-electron chi connectivity index (χ4n) is 2.81. The Labute approximate surface area is 138 Å². The van der Waals surface area contributed by atoms with E-state index >= 15 is 0 Å². The first kappa shape index (κ1) is 17.3. The summed E-state index contributed by atoms with van der Waals surface area (Å²) in [6.07, 6.45) is 5.20. The van der Waals surface area contributed by atoms with Crippen molar-refractivity contribution >= 4 is 17.7 Å². The van der Waals surface area contributed by atoms with E-state index < -0.39 is 0 Å². The maximum absolute atomic E-state index is 12.0. The summed E-state index contributed by atoms with van der Waals surface area (Å²) < 4.78 is 0. The Kier molecular flexibility index (Phi) is 6.73. The van der Waals surface area contributed by atoms with Crippen LogP contribution in [0.1, 0.15) is 37.8 Å². The molecule has 1 saturated heterocycles. The van der Waals surface area contributed by atoms with Gasteiger partial charge in [0.05, 0.1) is 5.25 Å². The Morgan fingerprint density at radius 2 is 2.09 bits per heavy atom. The molecule has 122 valence electrons. The predicted molar refractivity (Wildman–Crippen MR) is 93.7 cm³/mol. The molecule has 4 nitrogen and oxygen atoms in total. The van der Waals surface area contributed by atoms with E-state index in [0.717, 1.165) is 25.8 Å². The summed E-state index contributed by atoms with van der Waals surface area (Å²) in [5.74, 6) is 0.229. The molecule has 2 N–H and O–H groups in total. The van der Waals surface area contributed by atoms with E-state index in [1.165, 1.54) is 5.56 Å². The number of hydrazine groups is 1. The van der Waals surface area contributed by atoms with Crippen LogP contribution in [0.4, 0.5) is 0 Å². The Bertz CT molecular complexity index is 468. The topological polar surface area (TPSA) is 44.4 Å². The van der Waals surface area contributed by atoms with Crippen LogP contribution >= 0.6 is 11.8 Å². The SMILES string of the molecule is CSC(C)C(=O)N(C)CCCC1CC(c2ccccc2)NN1. The first-order chi connectivity index (χ1) is 10.6. The van der Waals surface area contributed by atoms with Crippen molar-refractivity contribution in [2.24, 2.45) is 0 Å². The molecule has 0 aromatic heterocycles. The third-order valence-corrected chi connectivity index (χ3v) is 5.22. The second kappa shape index (κ2) is 8.56. The van der Waals surface area contributed by atoms with Gasteiger partial charge >= 0.3 is 0 Å². The number of benzene rings is 1. The van der Waals surface area contributed by atoms with Gasteiger partial charge in [0, 0.05) is 25.7 Å². The van der Waals surface area contributed by atoms with Gasteiger partial charge in [-0.05, 0) is 38.0 Å². The van der Waals surface area contributed by atoms with Crippen LogP contribution in [0.3, 0.4) is 0 Å². The van der Waals surface area contributed by atoms with Crippen LogP contribution < -0.4 is 10.9 Å². The molecule has 3 unspecified atom stereocenters. The third-order valence-electron chi connectivity index (χ3n) is 4.31. The molecule has 1 fully saturated rings. The highest BCUT2D eigenvalue weighted by molar-refractivity contribution is 7.99. The second-order valence-electron chi connectivity index (χ2n) is 5.96. The Balaban J connectivity index is 1.70. The van der Waals surface area contributed by atoms with E-state index in [-0.39, 0.29) is 11.2 Å². The van der Waals surface area contributed by atoms with E-state index in [0.29, 0.717) is 12.1 Å². The Hall–Kier alpha value is -1.04. The number of amides is 1. The van der Waals surface area contributed by atoms with Crippen molar-refractivity contribution in [1.82, 2.24) is 15.8 Å². The van der Waals surface area contributed by atoms with Gasteiger partial charge in [-0.2, -0.15) is 11.8 Å². The lowest BCUT2D eigenvalue weighted by Crippen LogP contribution is -2.35. The van der Waals surface area contributed by atoms with Crippen molar-refractivity contribution in [2.45, 2.75) is 43.5 Å². The summed E-state index contributed by atoms with van der Waals surface area (Å²) in [7, 11) is 1.90. The Morgan fingerprint density at radius 3 is 2.77 bits per heavy atom. The fraction of sp³-hybridized carbons (Fsp3) is 0.588. The number of carbonyl (C=O) groups excluding carboxylic acids is 1. The van der Waals surface area contributed by atoms with Gasteiger partial charge in [0.2, 0.25) is 5.91 Å². The third kappa shape index (κ3) is 4.73. The fourth-order valence-corrected chi connectivity index (χ4v) is 3.19. The molecular weight excluding hydrogens is 294 g/mol. The number of nitrogens with one attached hydrogen (secondary N) is 2. The minimum absolute atomic E-state index is 0.0544. The summed E-state index contributed by atoms with van der Waals surface area (Å²) in [6, 6.07) is 11.4. The van der Waals surface area contributed by atoms with Crippen molar-refractivity contribution in [3.05, 3.63) is 35.9 Å². The summed E-state index contributed by atoms with van der Waals surface area (Å²) in [5.41, 5.74) is 8.09. The lowest BCUT2D eigenvalue weighted by atomic mass is 10.00. The lowest BCUT2D eigenvalue weighted by Gasteiger charge is -2.21. The minimum Gasteiger partial charge on any atom is -0.345 e. The molecule has 22 heavy (non-hydrogen) atoms. The van der Waals surface area contributed by atoms with Crippen LogP contribution in [-0.4, -0.2) is 41.9 Å². The zero-order valence-electron chi connectivity index (χ0n) is 13.7. The van der Waals surface area contributed by atoms with E-state index in [1.54, 1.807) is 11.8 Å². The largest absolute Gasteiger partial charge is 0.345 e. The zero-order chi connectivity index (χ0) is 15.9. The highest BCUT2D eigenvalue weighted by Gasteiger charge is 2.24. The molecule has 1 heterocycles. The standard InChI is InChI=1S/C17H27N3OS/c1-13(22-3)17(21)20(2)11-7-10-15-12-16(19-18-15)14-8-5-4-6-9-14/h4-6,8-9,13,15-16,18-19H,7,10-12H2,1-3H3. The number of carbonyl (C=O) groups is 1. The van der Waals surface area contributed by atoms with Crippen molar-refractivity contribution in [3.63, 3.8) is 0 Å². The molecule has 0 saturated carbocycles. The van der Waals surface area contributed by atoms with E-state index in [2.05, 4.69) is 35.1 Å². The van der Waals surface area contributed by atoms with Gasteiger partial charge in [0.1, 0.15) is 0 Å². The molecule has 2 rings (SSSR count). The van der Waals surface area contributed by atoms with Gasteiger partial charge in [-0.15, -0.1) is 0 Å². The number of rotatable bonds is 7. The molecule has 1 aromatic rings. The molecule has 1 aliphatic rings. The van der Waals surface area contributed by atoms with E-state index in [9.17, 15) is 4.79 Å². The predicted octanol–water partition coefficient (Wildman–Crippen LogP) is 2.58. The molecule has 0 radical (unpaired) electrons. The number of hydrogen-bond donors (Lipinski definition) is 2. The maximum atomic E-state index is 12.0. The monoisotopic (exact) mass is 321 g/mol. The second-order valence-corrected chi connectivity index (χ2v) is 7.14. The van der Waals surface area contributed by atoms with Crippen molar-refractivity contribution in [1.29, 1.82) is 0 Å². The summed E-state index contributed by atoms with van der Waals surface area (Å²) in [5, 5.41) is 0.0544. The van der Waals surface area contributed by atoms with Crippen LogP contribution in [0.15, 0.2) is 30.3 Å². The number of hydrogen-bond acceptors (Lipinski definition) is 4. The zero-order valence-corrected chi connectivity index (χ0v) is 14.5. The van der Waals surface area contributed by atoms with Gasteiger partial charge in [-0.25, -0.2) is 0 Å². The van der Waals surface area contributed by atoms with Gasteiger partial charge in [-0.3, -0.25) is 15.6 Å². The van der Waals surface area contributed by atoms with E-state index in [1.807, 2.05) is 31.2 Å². The van der Waals surface area contributed by atoms with Crippen molar-refractivity contribution in [3.8, 4) is 0 Å². The van der Waals surface area contributed by atoms with E-state index in [4.69, 9.17) is 0 Å². The molecule has 0 bridgehead atoms. The number of thioether (sulfide) groups is 1. The average Bonchev–Trinajstić information content (AvgIpc) is 3.03. The van der Waals surface area contributed by atoms with Crippen LogP contribution in [0, 0.1) is 0 Å². The first-order valence-corrected chi connectivity index (χ1v) is 9.24. The molecule has 0 spiro atoms. The summed E-state index contributed by atoms with van der Waals surface area (Å²) in [4.78, 5) is 13.9. The minimum atomic E-state index is 0.0544. The van der Waals surface area contributed by atoms with Crippen LogP contribution in [0.2, 0.25) is 0 Å². The smallest absolute Gasteiger partial charge is 0.235 e. The number of nitrogens with zero attached hydrogens (tertiary/aromatic N) is 1. The molecular formula is C17H27N3OS. The maximum Gasteiger partial charge on any atom is 0.235 e. The normalized spacial score (nSPS) is 22.5. The highest BCUT2D eigenvalue weighted by Crippen LogP contribution is 2.23. The molecule has 0 aliphatic carbocycles. The van der Waals surface area contributed by atoms with Crippen LogP contribution in [0.5, 0.6) is 0 Å². The summed E-state index contributed by atoms with van der Waals surface area (Å²) in [6.45, 7) is 2.80. The first-order valence-electron chi connectivity index (χ1n) is 7.95. The molecule has 3 atom stereocenters. The molecule has 1 aromatic carbocycles. The quantitative estimate of drug-likeness (QED) is 0.810. The molecule has 5 heteroatoms. The highest BCUT2D eigenvalue weighted by atomic mass is 32.2. The van der Waals surface area contributed by atoms with Crippen LogP contribution in [0.25, 0.3) is 0 Å². The molecule has 1 amide bonds.